The summed E-state index contributed by atoms with van der Waals surface area (Å²) in [5.41, 5.74) is 4.24. The fraction of sp³-hybridized carbons (Fsp3) is 0.306. The highest BCUT2D eigenvalue weighted by Gasteiger charge is 2.33. The van der Waals surface area contributed by atoms with Gasteiger partial charge in [0, 0.05) is 42.4 Å². The summed E-state index contributed by atoms with van der Waals surface area (Å²) >= 11 is 0. The van der Waals surface area contributed by atoms with E-state index in [1.165, 1.54) is 0 Å². The van der Waals surface area contributed by atoms with Crippen LogP contribution in [0.25, 0.3) is 10.8 Å². The van der Waals surface area contributed by atoms with Crippen LogP contribution in [0.5, 0.6) is 0 Å². The Labute approximate surface area is 248 Å². The monoisotopic (exact) mass is 561 g/mol. The second-order valence-corrected chi connectivity index (χ2v) is 12.2. The van der Waals surface area contributed by atoms with E-state index >= 15 is 0 Å². The Morgan fingerprint density at radius 3 is 2.24 bits per heavy atom. The van der Waals surface area contributed by atoms with Crippen LogP contribution in [-0.2, 0) is 22.6 Å². The number of hydrogen-bond donors (Lipinski definition) is 1. The number of nitrogens with one attached hydrogen (secondary N) is 1. The molecule has 216 valence electrons. The molecule has 42 heavy (non-hydrogen) atoms. The largest absolute Gasteiger partial charge is 0.350 e. The number of carbonyl (C=O) groups is 3. The third-order valence-corrected chi connectivity index (χ3v) is 7.66. The lowest BCUT2D eigenvalue weighted by molar-refractivity contribution is -0.142. The molecule has 0 aromatic heterocycles. The van der Waals surface area contributed by atoms with Crippen molar-refractivity contribution in [3.8, 4) is 0 Å². The van der Waals surface area contributed by atoms with Crippen LogP contribution in [0, 0.1) is 6.92 Å². The van der Waals surface area contributed by atoms with Crippen molar-refractivity contribution in [3.63, 3.8) is 0 Å². The molecule has 5 rings (SSSR count). The summed E-state index contributed by atoms with van der Waals surface area (Å²) in [4.78, 5) is 44.5. The molecule has 1 N–H and O–H groups in total. The average Bonchev–Trinajstić information content (AvgIpc) is 3.23. The number of hydrogen-bond acceptors (Lipinski definition) is 3. The second-order valence-electron chi connectivity index (χ2n) is 12.2. The smallest absolute Gasteiger partial charge is 0.258 e. The molecule has 0 spiro atoms. The van der Waals surface area contributed by atoms with Crippen molar-refractivity contribution in [2.45, 2.75) is 65.1 Å². The Morgan fingerprint density at radius 1 is 0.857 bits per heavy atom. The van der Waals surface area contributed by atoms with Gasteiger partial charge < -0.3 is 15.1 Å². The minimum atomic E-state index is -0.688. The van der Waals surface area contributed by atoms with E-state index in [1.54, 1.807) is 9.80 Å². The van der Waals surface area contributed by atoms with Gasteiger partial charge in [-0.15, -0.1) is 0 Å². The van der Waals surface area contributed by atoms with Gasteiger partial charge in [-0.1, -0.05) is 84.4 Å². The third-order valence-electron chi connectivity index (χ3n) is 7.66. The van der Waals surface area contributed by atoms with Crippen molar-refractivity contribution in [2.75, 3.05) is 11.4 Å². The SMILES string of the molecule is Cc1ccc(CN(C(=O)CCCN2C(=O)c3cccc4cccc2c34)C(Cc2ccccc2)C(=O)NC(C)(C)C)cc1. The number of aryl methyl sites for hydroxylation is 1. The quantitative estimate of drug-likeness (QED) is 0.242. The summed E-state index contributed by atoms with van der Waals surface area (Å²) in [5, 5.41) is 5.12. The maximum Gasteiger partial charge on any atom is 0.258 e. The van der Waals surface area contributed by atoms with Gasteiger partial charge in [0.2, 0.25) is 11.8 Å². The van der Waals surface area contributed by atoms with Crippen LogP contribution in [0.1, 0.15) is 60.7 Å². The van der Waals surface area contributed by atoms with Crippen molar-refractivity contribution in [3.05, 3.63) is 113 Å². The van der Waals surface area contributed by atoms with E-state index < -0.39 is 11.6 Å². The number of carbonyl (C=O) groups excluding carboxylic acids is 3. The first-order chi connectivity index (χ1) is 20.1. The first-order valence-electron chi connectivity index (χ1n) is 14.7. The van der Waals surface area contributed by atoms with Gasteiger partial charge in [-0.2, -0.15) is 0 Å². The van der Waals surface area contributed by atoms with Crippen LogP contribution < -0.4 is 10.2 Å². The number of rotatable bonds is 10. The first kappa shape index (κ1) is 29.1. The van der Waals surface area contributed by atoms with E-state index in [2.05, 4.69) is 5.32 Å². The predicted molar refractivity (Wildman–Crippen MR) is 168 cm³/mol. The minimum absolute atomic E-state index is 0.0303. The molecule has 1 unspecified atom stereocenters. The van der Waals surface area contributed by atoms with E-state index in [4.69, 9.17) is 0 Å². The topological polar surface area (TPSA) is 69.7 Å². The Hall–Kier alpha value is -4.45. The maximum absolute atomic E-state index is 14.0. The zero-order chi connectivity index (χ0) is 29.9. The van der Waals surface area contributed by atoms with Crippen molar-refractivity contribution >= 4 is 34.2 Å². The van der Waals surface area contributed by atoms with E-state index in [0.29, 0.717) is 31.5 Å². The Bertz CT molecular complexity index is 1580. The number of nitrogens with zero attached hydrogens (tertiary/aromatic N) is 2. The summed E-state index contributed by atoms with van der Waals surface area (Å²) in [6, 6.07) is 28.9. The molecule has 0 saturated heterocycles. The standard InChI is InChI=1S/C36H39N3O3/c1-25-18-20-27(21-19-25)24-39(31(34(41)37-36(2,3)4)23-26-11-6-5-7-12-26)32(40)17-10-22-38-30-16-9-14-28-13-8-15-29(33(28)30)35(38)42/h5-9,11-16,18-21,31H,10,17,22-24H2,1-4H3,(H,37,41). The van der Waals surface area contributed by atoms with Gasteiger partial charge in [-0.05, 0) is 62.8 Å². The molecule has 4 aromatic rings. The summed E-state index contributed by atoms with van der Waals surface area (Å²) in [6.07, 6.45) is 1.11. The van der Waals surface area contributed by atoms with E-state index in [9.17, 15) is 14.4 Å². The molecule has 1 heterocycles. The Morgan fingerprint density at radius 2 is 1.55 bits per heavy atom. The van der Waals surface area contributed by atoms with Gasteiger partial charge in [0.15, 0.2) is 0 Å². The third kappa shape index (κ3) is 6.54. The molecule has 1 aliphatic heterocycles. The molecule has 3 amide bonds. The van der Waals surface area contributed by atoms with Crippen molar-refractivity contribution in [1.82, 2.24) is 10.2 Å². The van der Waals surface area contributed by atoms with E-state index in [0.717, 1.165) is 33.2 Å². The Balaban J connectivity index is 1.38. The van der Waals surface area contributed by atoms with Crippen LogP contribution in [-0.4, -0.2) is 40.7 Å². The molecular formula is C36H39N3O3. The number of amides is 3. The lowest BCUT2D eigenvalue weighted by Crippen LogP contribution is -2.54. The van der Waals surface area contributed by atoms with Crippen LogP contribution in [0.2, 0.25) is 0 Å². The summed E-state index contributed by atoms with van der Waals surface area (Å²) in [5.74, 6) is -0.316. The number of benzene rings is 4. The first-order valence-corrected chi connectivity index (χ1v) is 14.7. The normalized spacial score (nSPS) is 13.3. The summed E-state index contributed by atoms with van der Waals surface area (Å²) < 4.78 is 0. The highest BCUT2D eigenvalue weighted by atomic mass is 16.2. The summed E-state index contributed by atoms with van der Waals surface area (Å²) in [7, 11) is 0. The fourth-order valence-corrected chi connectivity index (χ4v) is 5.63. The van der Waals surface area contributed by atoms with Crippen LogP contribution in [0.4, 0.5) is 5.69 Å². The average molecular weight is 562 g/mol. The number of anilines is 1. The van der Waals surface area contributed by atoms with Gasteiger partial charge in [0.1, 0.15) is 6.04 Å². The van der Waals surface area contributed by atoms with Crippen LogP contribution in [0.15, 0.2) is 91.0 Å². The zero-order valence-corrected chi connectivity index (χ0v) is 24.9. The second kappa shape index (κ2) is 12.2. The predicted octanol–water partition coefficient (Wildman–Crippen LogP) is 6.44. The highest BCUT2D eigenvalue weighted by molar-refractivity contribution is 6.25. The maximum atomic E-state index is 14.0. The molecule has 4 aromatic carbocycles. The molecule has 0 bridgehead atoms. The van der Waals surface area contributed by atoms with Gasteiger partial charge in [0.25, 0.3) is 5.91 Å². The molecular weight excluding hydrogens is 522 g/mol. The van der Waals surface area contributed by atoms with Gasteiger partial charge in [-0.25, -0.2) is 0 Å². The lowest BCUT2D eigenvalue weighted by atomic mass is 10.00. The van der Waals surface area contributed by atoms with Crippen LogP contribution in [0.3, 0.4) is 0 Å². The van der Waals surface area contributed by atoms with Gasteiger partial charge in [-0.3, -0.25) is 14.4 Å². The van der Waals surface area contributed by atoms with E-state index in [1.807, 2.05) is 119 Å². The molecule has 0 fully saturated rings. The zero-order valence-electron chi connectivity index (χ0n) is 24.9. The Kier molecular flexibility index (Phi) is 8.44. The van der Waals surface area contributed by atoms with Crippen molar-refractivity contribution in [1.29, 1.82) is 0 Å². The summed E-state index contributed by atoms with van der Waals surface area (Å²) in [6.45, 7) is 8.61. The van der Waals surface area contributed by atoms with Crippen molar-refractivity contribution < 1.29 is 14.4 Å². The molecule has 0 aliphatic carbocycles. The van der Waals surface area contributed by atoms with Gasteiger partial charge in [0.05, 0.1) is 5.69 Å². The van der Waals surface area contributed by atoms with Crippen molar-refractivity contribution in [2.24, 2.45) is 0 Å². The lowest BCUT2D eigenvalue weighted by Gasteiger charge is -2.34. The highest BCUT2D eigenvalue weighted by Crippen LogP contribution is 2.37. The molecule has 6 heteroatoms. The molecule has 6 nitrogen and oxygen atoms in total. The van der Waals surface area contributed by atoms with Crippen LogP contribution >= 0.6 is 0 Å². The molecule has 0 saturated carbocycles. The molecule has 1 atom stereocenters. The molecule has 1 aliphatic rings. The van der Waals surface area contributed by atoms with E-state index in [-0.39, 0.29) is 24.1 Å². The van der Waals surface area contributed by atoms with Gasteiger partial charge >= 0.3 is 0 Å². The fourth-order valence-electron chi connectivity index (χ4n) is 5.63. The molecule has 0 radical (unpaired) electrons. The minimum Gasteiger partial charge on any atom is -0.350 e.